The van der Waals surface area contributed by atoms with Gasteiger partial charge in [-0.1, -0.05) is 44.2 Å². The molecule has 128 valence electrons. The first-order valence-corrected chi connectivity index (χ1v) is 7.84. The summed E-state index contributed by atoms with van der Waals surface area (Å²) in [4.78, 5) is 24.6. The third-order valence-electron chi connectivity index (χ3n) is 4.20. The lowest BCUT2D eigenvalue weighted by Crippen LogP contribution is -2.43. The summed E-state index contributed by atoms with van der Waals surface area (Å²) in [5, 5.41) is 23.9. The number of hydrogen-bond acceptors (Lipinski definition) is 5. The number of tetrazole rings is 1. The quantitative estimate of drug-likeness (QED) is 0.755. The number of hydrogen-bond donors (Lipinski definition) is 2. The van der Waals surface area contributed by atoms with E-state index in [1.807, 2.05) is 30.3 Å². The Bertz CT molecular complexity index is 695. The van der Waals surface area contributed by atoms with Gasteiger partial charge >= 0.3 is 5.97 Å². The van der Waals surface area contributed by atoms with E-state index < -0.39 is 11.4 Å². The number of nitrogens with zero attached hydrogens (tertiary/aromatic N) is 4. The Morgan fingerprint density at radius 3 is 2.46 bits per heavy atom. The highest BCUT2D eigenvalue weighted by Crippen LogP contribution is 2.25. The molecule has 2 aromatic rings. The van der Waals surface area contributed by atoms with Gasteiger partial charge in [-0.05, 0) is 18.1 Å². The smallest absolute Gasteiger partial charge is 0.311 e. The number of carboxylic acid groups (broad SMARTS) is 1. The standard InChI is InChI=1S/C16H21N5O3/c1-3-16(4-2,15(23)24)11-17-13(22)10-21-19-14(18-20-21)12-8-6-5-7-9-12/h5-9H,3-4,10-11H2,1-2H3,(H,17,22)(H,23,24). The Morgan fingerprint density at radius 1 is 1.21 bits per heavy atom. The van der Waals surface area contributed by atoms with Crippen LogP contribution in [0.1, 0.15) is 26.7 Å². The number of benzene rings is 1. The number of carbonyl (C=O) groups excluding carboxylic acids is 1. The molecule has 0 atom stereocenters. The van der Waals surface area contributed by atoms with Gasteiger partial charge in [-0.15, -0.1) is 10.2 Å². The average Bonchev–Trinajstić information content (AvgIpc) is 3.05. The molecule has 0 fully saturated rings. The van der Waals surface area contributed by atoms with Crippen molar-refractivity contribution < 1.29 is 14.7 Å². The number of nitrogens with one attached hydrogen (secondary N) is 1. The maximum Gasteiger partial charge on any atom is 0.311 e. The maximum absolute atomic E-state index is 12.0. The van der Waals surface area contributed by atoms with E-state index in [1.54, 1.807) is 13.8 Å². The minimum atomic E-state index is -0.944. The van der Waals surface area contributed by atoms with Crippen LogP contribution in [0, 0.1) is 5.41 Å². The molecule has 0 spiro atoms. The third-order valence-corrected chi connectivity index (χ3v) is 4.20. The molecular weight excluding hydrogens is 310 g/mol. The van der Waals surface area contributed by atoms with E-state index in [0.29, 0.717) is 18.7 Å². The molecule has 8 heteroatoms. The lowest BCUT2D eigenvalue weighted by molar-refractivity contribution is -0.149. The molecule has 0 bridgehead atoms. The zero-order chi connectivity index (χ0) is 17.6. The van der Waals surface area contributed by atoms with Gasteiger partial charge in [0.15, 0.2) is 0 Å². The summed E-state index contributed by atoms with van der Waals surface area (Å²) in [5.41, 5.74) is -0.133. The molecule has 0 aliphatic heterocycles. The average molecular weight is 331 g/mol. The first-order chi connectivity index (χ1) is 11.5. The maximum atomic E-state index is 12.0. The van der Waals surface area contributed by atoms with Gasteiger partial charge in [-0.25, -0.2) is 0 Å². The monoisotopic (exact) mass is 331 g/mol. The van der Waals surface area contributed by atoms with Crippen LogP contribution >= 0.6 is 0 Å². The number of carbonyl (C=O) groups is 2. The van der Waals surface area contributed by atoms with Crippen LogP contribution in [0.2, 0.25) is 0 Å². The molecule has 0 saturated heterocycles. The van der Waals surface area contributed by atoms with Crippen molar-refractivity contribution in [2.45, 2.75) is 33.2 Å². The van der Waals surface area contributed by atoms with Gasteiger partial charge in [-0.2, -0.15) is 4.80 Å². The lowest BCUT2D eigenvalue weighted by atomic mass is 9.82. The molecule has 0 unspecified atom stereocenters. The van der Waals surface area contributed by atoms with Gasteiger partial charge < -0.3 is 10.4 Å². The molecule has 1 aromatic carbocycles. The summed E-state index contributed by atoms with van der Waals surface area (Å²) in [6.07, 6.45) is 0.887. The van der Waals surface area contributed by atoms with Gasteiger partial charge in [0.25, 0.3) is 0 Å². The Kier molecular flexibility index (Phi) is 5.62. The molecule has 8 nitrogen and oxygen atoms in total. The van der Waals surface area contributed by atoms with E-state index in [0.717, 1.165) is 5.56 Å². The SMILES string of the molecule is CCC(CC)(CNC(=O)Cn1nnc(-c2ccccc2)n1)C(=O)O. The molecule has 1 heterocycles. The molecule has 0 aliphatic carbocycles. The van der Waals surface area contributed by atoms with E-state index in [-0.39, 0.29) is 19.0 Å². The van der Waals surface area contributed by atoms with Crippen molar-refractivity contribution in [1.29, 1.82) is 0 Å². The fraction of sp³-hybridized carbons (Fsp3) is 0.438. The van der Waals surface area contributed by atoms with E-state index >= 15 is 0 Å². The van der Waals surface area contributed by atoms with Gasteiger partial charge in [-0.3, -0.25) is 9.59 Å². The predicted octanol–water partition coefficient (Wildman–Crippen LogP) is 1.35. The fourth-order valence-electron chi connectivity index (χ4n) is 2.34. The van der Waals surface area contributed by atoms with Gasteiger partial charge in [0.2, 0.25) is 11.7 Å². The molecular formula is C16H21N5O3. The Morgan fingerprint density at radius 2 is 1.88 bits per heavy atom. The fourth-order valence-corrected chi connectivity index (χ4v) is 2.34. The zero-order valence-corrected chi connectivity index (χ0v) is 13.8. The number of amides is 1. The molecule has 0 saturated carbocycles. The van der Waals surface area contributed by atoms with Crippen LogP contribution in [0.4, 0.5) is 0 Å². The van der Waals surface area contributed by atoms with Gasteiger partial charge in [0, 0.05) is 12.1 Å². The topological polar surface area (TPSA) is 110 Å². The lowest BCUT2D eigenvalue weighted by Gasteiger charge is -2.26. The van der Waals surface area contributed by atoms with E-state index in [1.165, 1.54) is 4.80 Å². The van der Waals surface area contributed by atoms with Crippen LogP contribution in [0.3, 0.4) is 0 Å². The van der Waals surface area contributed by atoms with Crippen LogP contribution in [-0.2, 0) is 16.1 Å². The predicted molar refractivity (Wildman–Crippen MR) is 86.9 cm³/mol. The van der Waals surface area contributed by atoms with Crippen molar-refractivity contribution in [3.63, 3.8) is 0 Å². The van der Waals surface area contributed by atoms with Gasteiger partial charge in [0.1, 0.15) is 6.54 Å². The Hall–Kier alpha value is -2.77. The molecule has 24 heavy (non-hydrogen) atoms. The molecule has 2 rings (SSSR count). The van der Waals surface area contributed by atoms with Crippen molar-refractivity contribution in [2.75, 3.05) is 6.54 Å². The van der Waals surface area contributed by atoms with Crippen LogP contribution in [0.15, 0.2) is 30.3 Å². The summed E-state index contributed by atoms with van der Waals surface area (Å²) in [6, 6.07) is 9.32. The number of carboxylic acids is 1. The molecule has 1 aromatic heterocycles. The number of aromatic nitrogens is 4. The summed E-state index contributed by atoms with van der Waals surface area (Å²) in [5.74, 6) is -0.817. The Labute approximate surface area is 139 Å². The first-order valence-electron chi connectivity index (χ1n) is 7.84. The van der Waals surface area contributed by atoms with Crippen molar-refractivity contribution in [3.05, 3.63) is 30.3 Å². The second kappa shape index (κ2) is 7.67. The molecule has 1 amide bonds. The van der Waals surface area contributed by atoms with Crippen LogP contribution in [-0.4, -0.2) is 43.7 Å². The number of rotatable bonds is 8. The minimum Gasteiger partial charge on any atom is -0.481 e. The number of aliphatic carboxylic acids is 1. The van der Waals surface area contributed by atoms with Crippen LogP contribution in [0.25, 0.3) is 11.4 Å². The molecule has 0 aliphatic rings. The highest BCUT2D eigenvalue weighted by molar-refractivity contribution is 5.78. The van der Waals surface area contributed by atoms with E-state index in [9.17, 15) is 14.7 Å². The summed E-state index contributed by atoms with van der Waals surface area (Å²) in [6.45, 7) is 3.57. The summed E-state index contributed by atoms with van der Waals surface area (Å²) in [7, 11) is 0. The minimum absolute atomic E-state index is 0.0778. The van der Waals surface area contributed by atoms with Crippen molar-refractivity contribution >= 4 is 11.9 Å². The zero-order valence-electron chi connectivity index (χ0n) is 13.8. The summed E-state index contributed by atoms with van der Waals surface area (Å²) >= 11 is 0. The first kappa shape index (κ1) is 17.6. The largest absolute Gasteiger partial charge is 0.481 e. The second-order valence-corrected chi connectivity index (χ2v) is 5.58. The van der Waals surface area contributed by atoms with E-state index in [2.05, 4.69) is 20.7 Å². The molecule has 2 N–H and O–H groups in total. The third kappa shape index (κ3) is 3.95. The summed E-state index contributed by atoms with van der Waals surface area (Å²) < 4.78 is 0. The van der Waals surface area contributed by atoms with Crippen molar-refractivity contribution in [3.8, 4) is 11.4 Å². The highest BCUT2D eigenvalue weighted by atomic mass is 16.4. The Balaban J connectivity index is 1.96. The normalized spacial score (nSPS) is 11.2. The van der Waals surface area contributed by atoms with Crippen LogP contribution in [0.5, 0.6) is 0 Å². The highest BCUT2D eigenvalue weighted by Gasteiger charge is 2.35. The van der Waals surface area contributed by atoms with Crippen LogP contribution < -0.4 is 5.32 Å². The van der Waals surface area contributed by atoms with Crippen molar-refractivity contribution in [2.24, 2.45) is 5.41 Å². The van der Waals surface area contributed by atoms with Gasteiger partial charge in [0.05, 0.1) is 5.41 Å². The molecule has 0 radical (unpaired) electrons. The van der Waals surface area contributed by atoms with Crippen molar-refractivity contribution in [1.82, 2.24) is 25.5 Å². The van der Waals surface area contributed by atoms with E-state index in [4.69, 9.17) is 0 Å². The second-order valence-electron chi connectivity index (χ2n) is 5.58.